The Hall–Kier alpha value is -1.61. The highest BCUT2D eigenvalue weighted by atomic mass is 16.3. The Morgan fingerprint density at radius 1 is 1.32 bits per heavy atom. The zero-order valence-electron chi connectivity index (χ0n) is 11.3. The second kappa shape index (κ2) is 4.82. The summed E-state index contributed by atoms with van der Waals surface area (Å²) in [4.78, 5) is 4.40. The molecule has 1 aromatic carbocycles. The summed E-state index contributed by atoms with van der Waals surface area (Å²) in [6.07, 6.45) is 5.21. The van der Waals surface area contributed by atoms with Gasteiger partial charge in [0.05, 0.1) is 5.52 Å². The number of aromatic nitrogens is 1. The number of aliphatic hydroxyl groups excluding tert-OH is 1. The van der Waals surface area contributed by atoms with Crippen molar-refractivity contribution in [2.75, 3.05) is 18.5 Å². The highest BCUT2D eigenvalue weighted by Crippen LogP contribution is 2.48. The van der Waals surface area contributed by atoms with Crippen molar-refractivity contribution in [3.8, 4) is 0 Å². The molecule has 0 atom stereocenters. The molecule has 2 N–H and O–H groups in total. The van der Waals surface area contributed by atoms with Crippen molar-refractivity contribution in [2.45, 2.75) is 26.2 Å². The molecule has 1 heterocycles. The Balaban J connectivity index is 1.83. The van der Waals surface area contributed by atoms with Crippen LogP contribution in [0.4, 0.5) is 5.69 Å². The number of fused-ring (bicyclic) bond motifs is 1. The van der Waals surface area contributed by atoms with Gasteiger partial charge in [0.1, 0.15) is 0 Å². The van der Waals surface area contributed by atoms with Crippen molar-refractivity contribution in [2.24, 2.45) is 5.41 Å². The molecule has 0 bridgehead atoms. The van der Waals surface area contributed by atoms with Crippen LogP contribution in [0.1, 0.15) is 24.8 Å². The normalized spacial score (nSPS) is 16.5. The van der Waals surface area contributed by atoms with E-state index in [1.165, 1.54) is 23.8 Å². The summed E-state index contributed by atoms with van der Waals surface area (Å²) in [7, 11) is 0. The SMILES string of the molecule is Cc1ccc2nccc(NCC3(CCO)CC3)c2c1. The van der Waals surface area contributed by atoms with E-state index in [1.54, 1.807) is 0 Å². The van der Waals surface area contributed by atoms with Crippen LogP contribution in [0, 0.1) is 12.3 Å². The van der Waals surface area contributed by atoms with E-state index in [0.29, 0.717) is 5.41 Å². The predicted molar refractivity (Wildman–Crippen MR) is 78.3 cm³/mol. The number of rotatable bonds is 5. The zero-order valence-corrected chi connectivity index (χ0v) is 11.3. The van der Waals surface area contributed by atoms with Crippen molar-refractivity contribution in [1.29, 1.82) is 0 Å². The standard InChI is InChI=1S/C16H20N2O/c1-12-2-3-14-13(10-12)15(4-8-17-14)18-11-16(5-6-16)7-9-19/h2-4,8,10,19H,5-7,9,11H2,1H3,(H,17,18). The third-order valence-electron chi connectivity index (χ3n) is 4.15. The maximum atomic E-state index is 9.11. The van der Waals surface area contributed by atoms with Crippen LogP contribution in [-0.2, 0) is 0 Å². The minimum absolute atomic E-state index is 0.290. The lowest BCUT2D eigenvalue weighted by Gasteiger charge is -2.16. The van der Waals surface area contributed by atoms with Gasteiger partial charge < -0.3 is 10.4 Å². The largest absolute Gasteiger partial charge is 0.396 e. The molecule has 1 aliphatic carbocycles. The molecule has 3 rings (SSSR count). The average Bonchev–Trinajstić information content (AvgIpc) is 3.17. The number of benzene rings is 1. The molecule has 100 valence electrons. The number of aryl methyl sites for hydroxylation is 1. The summed E-state index contributed by atoms with van der Waals surface area (Å²) in [6, 6.07) is 8.37. The van der Waals surface area contributed by atoms with E-state index >= 15 is 0 Å². The molecule has 0 aliphatic heterocycles. The van der Waals surface area contributed by atoms with Crippen molar-refractivity contribution in [3.63, 3.8) is 0 Å². The van der Waals surface area contributed by atoms with Gasteiger partial charge in [-0.25, -0.2) is 0 Å². The van der Waals surface area contributed by atoms with Crippen LogP contribution >= 0.6 is 0 Å². The number of nitrogens with one attached hydrogen (secondary N) is 1. The van der Waals surface area contributed by atoms with Gasteiger partial charge in [0.25, 0.3) is 0 Å². The summed E-state index contributed by atoms with van der Waals surface area (Å²) in [6.45, 7) is 3.34. The molecular formula is C16H20N2O. The quantitative estimate of drug-likeness (QED) is 0.864. The fraction of sp³-hybridized carbons (Fsp3) is 0.438. The summed E-state index contributed by atoms with van der Waals surface area (Å²) < 4.78 is 0. The van der Waals surface area contributed by atoms with Crippen molar-refractivity contribution in [1.82, 2.24) is 4.98 Å². The van der Waals surface area contributed by atoms with E-state index < -0.39 is 0 Å². The first-order valence-corrected chi connectivity index (χ1v) is 6.93. The first-order valence-electron chi connectivity index (χ1n) is 6.93. The maximum absolute atomic E-state index is 9.11. The Morgan fingerprint density at radius 3 is 2.89 bits per heavy atom. The average molecular weight is 256 g/mol. The molecule has 19 heavy (non-hydrogen) atoms. The lowest BCUT2D eigenvalue weighted by Crippen LogP contribution is -2.17. The summed E-state index contributed by atoms with van der Waals surface area (Å²) in [5.74, 6) is 0. The Kier molecular flexibility index (Phi) is 3.15. The van der Waals surface area contributed by atoms with E-state index in [0.717, 1.165) is 24.2 Å². The molecule has 1 aromatic heterocycles. The molecule has 1 aliphatic rings. The van der Waals surface area contributed by atoms with Crippen LogP contribution in [-0.4, -0.2) is 23.2 Å². The molecular weight excluding hydrogens is 236 g/mol. The van der Waals surface area contributed by atoms with E-state index in [-0.39, 0.29) is 6.61 Å². The highest BCUT2D eigenvalue weighted by Gasteiger charge is 2.41. The second-order valence-corrected chi connectivity index (χ2v) is 5.71. The van der Waals surface area contributed by atoms with Crippen LogP contribution in [0.15, 0.2) is 30.5 Å². The van der Waals surface area contributed by atoms with Crippen molar-refractivity contribution in [3.05, 3.63) is 36.0 Å². The predicted octanol–water partition coefficient (Wildman–Crippen LogP) is 3.12. The molecule has 1 fully saturated rings. The number of aliphatic hydroxyl groups is 1. The monoisotopic (exact) mass is 256 g/mol. The Bertz CT molecular complexity index is 590. The van der Waals surface area contributed by atoms with Gasteiger partial charge in [0, 0.05) is 30.4 Å². The minimum atomic E-state index is 0.290. The molecule has 0 radical (unpaired) electrons. The highest BCUT2D eigenvalue weighted by molar-refractivity contribution is 5.91. The number of hydrogen-bond acceptors (Lipinski definition) is 3. The third-order valence-corrected chi connectivity index (χ3v) is 4.15. The fourth-order valence-corrected chi connectivity index (χ4v) is 2.63. The first-order chi connectivity index (χ1) is 9.22. The molecule has 0 unspecified atom stereocenters. The van der Waals surface area contributed by atoms with Gasteiger partial charge in [0.2, 0.25) is 0 Å². The van der Waals surface area contributed by atoms with E-state index in [1.807, 2.05) is 12.3 Å². The summed E-state index contributed by atoms with van der Waals surface area (Å²) >= 11 is 0. The first kappa shape index (κ1) is 12.4. The number of hydrogen-bond donors (Lipinski definition) is 2. The third kappa shape index (κ3) is 2.56. The minimum Gasteiger partial charge on any atom is -0.396 e. The van der Waals surface area contributed by atoms with Gasteiger partial charge in [-0.15, -0.1) is 0 Å². The van der Waals surface area contributed by atoms with Crippen LogP contribution in [0.25, 0.3) is 10.9 Å². The van der Waals surface area contributed by atoms with Crippen molar-refractivity contribution < 1.29 is 5.11 Å². The molecule has 1 saturated carbocycles. The van der Waals surface area contributed by atoms with Crippen LogP contribution in [0.2, 0.25) is 0 Å². The van der Waals surface area contributed by atoms with Crippen LogP contribution < -0.4 is 5.32 Å². The van der Waals surface area contributed by atoms with E-state index in [2.05, 4.69) is 35.4 Å². The molecule has 3 nitrogen and oxygen atoms in total. The van der Waals surface area contributed by atoms with Gasteiger partial charge >= 0.3 is 0 Å². The summed E-state index contributed by atoms with van der Waals surface area (Å²) in [5.41, 5.74) is 3.76. The number of anilines is 1. The number of pyridine rings is 1. The van der Waals surface area contributed by atoms with Crippen LogP contribution in [0.5, 0.6) is 0 Å². The van der Waals surface area contributed by atoms with Gasteiger partial charge in [-0.05, 0) is 49.8 Å². The Labute approximate surface area is 113 Å². The van der Waals surface area contributed by atoms with Crippen LogP contribution in [0.3, 0.4) is 0 Å². The second-order valence-electron chi connectivity index (χ2n) is 5.71. The van der Waals surface area contributed by atoms with Gasteiger partial charge in [-0.3, -0.25) is 4.98 Å². The number of nitrogens with zero attached hydrogens (tertiary/aromatic N) is 1. The lowest BCUT2D eigenvalue weighted by molar-refractivity contribution is 0.253. The maximum Gasteiger partial charge on any atom is 0.0722 e. The van der Waals surface area contributed by atoms with Crippen molar-refractivity contribution >= 4 is 16.6 Å². The topological polar surface area (TPSA) is 45.2 Å². The summed E-state index contributed by atoms with van der Waals surface area (Å²) in [5, 5.41) is 13.8. The fourth-order valence-electron chi connectivity index (χ4n) is 2.63. The molecule has 3 heteroatoms. The molecule has 0 amide bonds. The lowest BCUT2D eigenvalue weighted by atomic mass is 10.0. The smallest absolute Gasteiger partial charge is 0.0722 e. The molecule has 2 aromatic rings. The van der Waals surface area contributed by atoms with E-state index in [9.17, 15) is 0 Å². The molecule has 0 spiro atoms. The molecule has 0 saturated heterocycles. The van der Waals surface area contributed by atoms with Gasteiger partial charge in [0.15, 0.2) is 0 Å². The van der Waals surface area contributed by atoms with Gasteiger partial charge in [-0.2, -0.15) is 0 Å². The van der Waals surface area contributed by atoms with Gasteiger partial charge in [-0.1, -0.05) is 11.6 Å². The zero-order chi connectivity index (χ0) is 13.3. The van der Waals surface area contributed by atoms with E-state index in [4.69, 9.17) is 5.11 Å². The Morgan fingerprint density at radius 2 is 2.16 bits per heavy atom.